The maximum absolute atomic E-state index is 5.32. The largest absolute Gasteiger partial charge is 0.443 e. The van der Waals surface area contributed by atoms with Gasteiger partial charge >= 0.3 is 0 Å². The highest BCUT2D eigenvalue weighted by Crippen LogP contribution is 2.24. The molecule has 0 saturated carbocycles. The lowest BCUT2D eigenvalue weighted by atomic mass is 10.1. The Labute approximate surface area is 104 Å². The second-order valence-electron chi connectivity index (χ2n) is 4.18. The number of rotatable bonds is 3. The Balaban J connectivity index is 2.07. The van der Waals surface area contributed by atoms with Gasteiger partial charge in [-0.1, -0.05) is 6.07 Å². The van der Waals surface area contributed by atoms with E-state index in [0.717, 1.165) is 34.7 Å². The van der Waals surface area contributed by atoms with Gasteiger partial charge in [-0.25, -0.2) is 9.97 Å². The first-order chi connectivity index (χ1) is 8.79. The number of nitrogens with zero attached hydrogens (tertiary/aromatic N) is 3. The summed E-state index contributed by atoms with van der Waals surface area (Å²) in [5.74, 6) is 1.00. The molecule has 92 valence electrons. The third-order valence-electron chi connectivity index (χ3n) is 3.05. The van der Waals surface area contributed by atoms with Crippen LogP contribution in [0.1, 0.15) is 5.82 Å². The van der Waals surface area contributed by atoms with Crippen LogP contribution in [0.5, 0.6) is 0 Å². The molecule has 18 heavy (non-hydrogen) atoms. The predicted octanol–water partition coefficient (Wildman–Crippen LogP) is 1.95. The fraction of sp³-hybridized carbons (Fsp3) is 0.231. The molecule has 3 aromatic rings. The normalized spacial score (nSPS) is 11.2. The lowest BCUT2D eigenvalue weighted by Gasteiger charge is -2.05. The number of imidazole rings is 1. The van der Waals surface area contributed by atoms with Crippen molar-refractivity contribution in [3.8, 4) is 11.3 Å². The maximum Gasteiger partial charge on any atom is 0.181 e. The highest BCUT2D eigenvalue weighted by atomic mass is 16.3. The van der Waals surface area contributed by atoms with E-state index < -0.39 is 0 Å². The summed E-state index contributed by atoms with van der Waals surface area (Å²) in [6, 6.07) is 5.98. The van der Waals surface area contributed by atoms with E-state index >= 15 is 0 Å². The molecule has 2 aromatic heterocycles. The Morgan fingerprint density at radius 1 is 1.33 bits per heavy atom. The van der Waals surface area contributed by atoms with Crippen molar-refractivity contribution in [2.45, 2.75) is 6.54 Å². The van der Waals surface area contributed by atoms with Gasteiger partial charge in [0.25, 0.3) is 0 Å². The summed E-state index contributed by atoms with van der Waals surface area (Å²) in [5, 5.41) is 3.10. The van der Waals surface area contributed by atoms with Gasteiger partial charge in [0.05, 0.1) is 18.4 Å². The SMILES string of the molecule is CNCc1ncc(-c2ccc3ncoc3c2)n1C. The van der Waals surface area contributed by atoms with Crippen LogP contribution in [0.4, 0.5) is 0 Å². The smallest absolute Gasteiger partial charge is 0.181 e. The number of oxazole rings is 1. The van der Waals surface area contributed by atoms with E-state index in [9.17, 15) is 0 Å². The molecular weight excluding hydrogens is 228 g/mol. The zero-order valence-corrected chi connectivity index (χ0v) is 10.3. The monoisotopic (exact) mass is 242 g/mol. The number of benzene rings is 1. The molecule has 1 N–H and O–H groups in total. The molecule has 0 fully saturated rings. The first-order valence-electron chi connectivity index (χ1n) is 5.78. The van der Waals surface area contributed by atoms with Crippen LogP contribution in [0, 0.1) is 0 Å². The van der Waals surface area contributed by atoms with Crippen molar-refractivity contribution in [1.29, 1.82) is 0 Å². The van der Waals surface area contributed by atoms with Crippen molar-refractivity contribution in [1.82, 2.24) is 19.9 Å². The molecule has 3 rings (SSSR count). The second-order valence-corrected chi connectivity index (χ2v) is 4.18. The number of fused-ring (bicyclic) bond motifs is 1. The van der Waals surface area contributed by atoms with Gasteiger partial charge in [0.2, 0.25) is 0 Å². The Bertz CT molecular complexity index is 683. The van der Waals surface area contributed by atoms with E-state index in [2.05, 4.69) is 19.9 Å². The zero-order chi connectivity index (χ0) is 12.5. The molecule has 1 aromatic carbocycles. The van der Waals surface area contributed by atoms with Crippen molar-refractivity contribution in [2.75, 3.05) is 7.05 Å². The lowest BCUT2D eigenvalue weighted by molar-refractivity contribution is 0.602. The molecule has 0 aliphatic heterocycles. The minimum absolute atomic E-state index is 0.751. The summed E-state index contributed by atoms with van der Waals surface area (Å²) >= 11 is 0. The van der Waals surface area contributed by atoms with Crippen molar-refractivity contribution in [3.05, 3.63) is 36.6 Å². The summed E-state index contributed by atoms with van der Waals surface area (Å²) in [7, 11) is 3.93. The topological polar surface area (TPSA) is 55.9 Å². The van der Waals surface area contributed by atoms with Gasteiger partial charge in [0, 0.05) is 12.6 Å². The molecule has 0 saturated heterocycles. The first kappa shape index (κ1) is 11.0. The van der Waals surface area contributed by atoms with Crippen LogP contribution < -0.4 is 5.32 Å². The first-order valence-corrected chi connectivity index (χ1v) is 5.78. The van der Waals surface area contributed by atoms with Crippen molar-refractivity contribution in [2.24, 2.45) is 7.05 Å². The molecule has 5 heteroatoms. The molecule has 0 atom stereocenters. The summed E-state index contributed by atoms with van der Waals surface area (Å²) in [6.45, 7) is 0.751. The Morgan fingerprint density at radius 2 is 2.22 bits per heavy atom. The van der Waals surface area contributed by atoms with E-state index in [-0.39, 0.29) is 0 Å². The zero-order valence-electron chi connectivity index (χ0n) is 10.3. The van der Waals surface area contributed by atoms with Crippen LogP contribution in [0.2, 0.25) is 0 Å². The number of hydrogen-bond donors (Lipinski definition) is 1. The summed E-state index contributed by atoms with van der Waals surface area (Å²) in [5.41, 5.74) is 3.82. The number of hydrogen-bond acceptors (Lipinski definition) is 4. The molecule has 2 heterocycles. The van der Waals surface area contributed by atoms with Crippen LogP contribution in [0.25, 0.3) is 22.4 Å². The van der Waals surface area contributed by atoms with E-state index in [1.54, 1.807) is 0 Å². The van der Waals surface area contributed by atoms with Gasteiger partial charge < -0.3 is 14.3 Å². The number of nitrogens with one attached hydrogen (secondary N) is 1. The van der Waals surface area contributed by atoms with Crippen molar-refractivity contribution < 1.29 is 4.42 Å². The lowest BCUT2D eigenvalue weighted by Crippen LogP contribution is -2.10. The summed E-state index contributed by atoms with van der Waals surface area (Å²) in [4.78, 5) is 8.52. The average Bonchev–Trinajstić information content (AvgIpc) is 2.97. The average molecular weight is 242 g/mol. The molecule has 0 aliphatic rings. The van der Waals surface area contributed by atoms with Crippen LogP contribution in [0.3, 0.4) is 0 Å². The van der Waals surface area contributed by atoms with Crippen LogP contribution in [-0.2, 0) is 13.6 Å². The van der Waals surface area contributed by atoms with Crippen molar-refractivity contribution in [3.63, 3.8) is 0 Å². The van der Waals surface area contributed by atoms with Gasteiger partial charge in [-0.15, -0.1) is 0 Å². The minimum Gasteiger partial charge on any atom is -0.443 e. The molecule has 0 aliphatic carbocycles. The third-order valence-corrected chi connectivity index (χ3v) is 3.05. The van der Waals surface area contributed by atoms with Gasteiger partial charge in [-0.2, -0.15) is 0 Å². The van der Waals surface area contributed by atoms with E-state index in [0.29, 0.717) is 0 Å². The molecular formula is C13H14N4O. The summed E-state index contributed by atoms with van der Waals surface area (Å²) < 4.78 is 7.40. The van der Waals surface area contributed by atoms with Gasteiger partial charge in [0.15, 0.2) is 12.0 Å². The second kappa shape index (κ2) is 4.27. The van der Waals surface area contributed by atoms with E-state index in [4.69, 9.17) is 4.42 Å². The predicted molar refractivity (Wildman–Crippen MR) is 69.0 cm³/mol. The van der Waals surface area contributed by atoms with Gasteiger partial charge in [-0.3, -0.25) is 0 Å². The minimum atomic E-state index is 0.751. The molecule has 0 spiro atoms. The molecule has 0 amide bonds. The standard InChI is InChI=1S/C13H14N4O/c1-14-7-13-15-6-11(17(13)2)9-3-4-10-12(5-9)18-8-16-10/h3-6,8,14H,7H2,1-2H3. The highest BCUT2D eigenvalue weighted by molar-refractivity contribution is 5.78. The fourth-order valence-electron chi connectivity index (χ4n) is 2.05. The quantitative estimate of drug-likeness (QED) is 0.762. The Morgan fingerprint density at radius 3 is 3.06 bits per heavy atom. The molecule has 0 bridgehead atoms. The van der Waals surface area contributed by atoms with Gasteiger partial charge in [0.1, 0.15) is 11.3 Å². The number of aromatic nitrogens is 3. The fourth-order valence-corrected chi connectivity index (χ4v) is 2.05. The summed E-state index contributed by atoms with van der Waals surface area (Å²) in [6.07, 6.45) is 3.34. The van der Waals surface area contributed by atoms with Gasteiger partial charge in [-0.05, 0) is 19.2 Å². The highest BCUT2D eigenvalue weighted by Gasteiger charge is 2.09. The van der Waals surface area contributed by atoms with E-state index in [1.807, 2.05) is 38.5 Å². The van der Waals surface area contributed by atoms with E-state index in [1.165, 1.54) is 6.39 Å². The van der Waals surface area contributed by atoms with Crippen molar-refractivity contribution >= 4 is 11.1 Å². The van der Waals surface area contributed by atoms with Crippen LogP contribution in [-0.4, -0.2) is 21.6 Å². The maximum atomic E-state index is 5.32. The molecule has 0 radical (unpaired) electrons. The Kier molecular flexibility index (Phi) is 2.60. The van der Waals surface area contributed by atoms with Crippen LogP contribution >= 0.6 is 0 Å². The molecule has 5 nitrogen and oxygen atoms in total. The van der Waals surface area contributed by atoms with Crippen LogP contribution in [0.15, 0.2) is 35.2 Å². The molecule has 0 unspecified atom stereocenters. The Hall–Kier alpha value is -2.14. The third kappa shape index (κ3) is 1.69.